The molecule has 0 saturated heterocycles. The van der Waals surface area contributed by atoms with Crippen molar-refractivity contribution in [2.24, 2.45) is 7.05 Å². The number of benzene rings is 1. The SMILES string of the molecule is Cc1cc2c(cc1N)c(I)nn2C. The Balaban J connectivity index is 2.91. The van der Waals surface area contributed by atoms with Gasteiger partial charge in [-0.1, -0.05) is 0 Å². The van der Waals surface area contributed by atoms with Crippen molar-refractivity contribution in [2.45, 2.75) is 6.92 Å². The summed E-state index contributed by atoms with van der Waals surface area (Å²) in [5, 5.41) is 5.45. The van der Waals surface area contributed by atoms with Crippen LogP contribution < -0.4 is 5.73 Å². The lowest BCUT2D eigenvalue weighted by atomic mass is 10.1. The van der Waals surface area contributed by atoms with Crippen LogP contribution in [0.4, 0.5) is 5.69 Å². The van der Waals surface area contributed by atoms with Gasteiger partial charge in [-0.25, -0.2) is 0 Å². The summed E-state index contributed by atoms with van der Waals surface area (Å²) in [6, 6.07) is 4.05. The first-order valence-corrected chi connectivity index (χ1v) is 5.06. The Morgan fingerprint density at radius 3 is 2.85 bits per heavy atom. The van der Waals surface area contributed by atoms with Gasteiger partial charge in [0.15, 0.2) is 0 Å². The predicted octanol–water partition coefficient (Wildman–Crippen LogP) is 2.07. The lowest BCUT2D eigenvalue weighted by Gasteiger charge is -2.00. The molecule has 68 valence electrons. The third-order valence-corrected chi connectivity index (χ3v) is 2.99. The van der Waals surface area contributed by atoms with E-state index in [2.05, 4.69) is 33.8 Å². The Labute approximate surface area is 90.1 Å². The second-order valence-corrected chi connectivity index (χ2v) is 4.16. The number of fused-ring (bicyclic) bond motifs is 1. The van der Waals surface area contributed by atoms with Gasteiger partial charge in [-0.3, -0.25) is 4.68 Å². The van der Waals surface area contributed by atoms with Gasteiger partial charge in [0.25, 0.3) is 0 Å². The Morgan fingerprint density at radius 1 is 1.46 bits per heavy atom. The van der Waals surface area contributed by atoms with Crippen LogP contribution in [0.5, 0.6) is 0 Å². The van der Waals surface area contributed by atoms with Gasteiger partial charge >= 0.3 is 0 Å². The molecule has 0 aliphatic heterocycles. The number of nitrogens with zero attached hydrogens (tertiary/aromatic N) is 2. The van der Waals surface area contributed by atoms with E-state index in [1.54, 1.807) is 0 Å². The number of aryl methyl sites for hydroxylation is 2. The summed E-state index contributed by atoms with van der Waals surface area (Å²) in [5.74, 6) is 0. The Kier molecular flexibility index (Phi) is 1.94. The van der Waals surface area contributed by atoms with Crippen molar-refractivity contribution < 1.29 is 0 Å². The van der Waals surface area contributed by atoms with E-state index in [-0.39, 0.29) is 0 Å². The smallest absolute Gasteiger partial charge is 0.131 e. The van der Waals surface area contributed by atoms with Crippen LogP contribution in [0.15, 0.2) is 12.1 Å². The quantitative estimate of drug-likeness (QED) is 0.595. The number of rotatable bonds is 0. The van der Waals surface area contributed by atoms with Crippen LogP contribution >= 0.6 is 22.6 Å². The van der Waals surface area contributed by atoms with Crippen molar-refractivity contribution in [3.8, 4) is 0 Å². The van der Waals surface area contributed by atoms with Crippen LogP contribution in [-0.2, 0) is 7.05 Å². The van der Waals surface area contributed by atoms with Gasteiger partial charge in [0.05, 0.1) is 5.52 Å². The number of hydrogen-bond acceptors (Lipinski definition) is 2. The number of hydrogen-bond donors (Lipinski definition) is 1. The number of nitrogen functional groups attached to an aromatic ring is 1. The van der Waals surface area contributed by atoms with Crippen molar-refractivity contribution in [3.63, 3.8) is 0 Å². The summed E-state index contributed by atoms with van der Waals surface area (Å²) in [6.45, 7) is 2.01. The molecule has 0 amide bonds. The van der Waals surface area contributed by atoms with Crippen LogP contribution in [0.2, 0.25) is 0 Å². The van der Waals surface area contributed by atoms with E-state index in [4.69, 9.17) is 5.73 Å². The summed E-state index contributed by atoms with van der Waals surface area (Å²) in [6.07, 6.45) is 0. The van der Waals surface area contributed by atoms with Gasteiger partial charge < -0.3 is 5.73 Å². The van der Waals surface area contributed by atoms with Gasteiger partial charge in [0.1, 0.15) is 3.70 Å². The molecule has 1 heterocycles. The van der Waals surface area contributed by atoms with E-state index >= 15 is 0 Å². The largest absolute Gasteiger partial charge is 0.398 e. The average Bonchev–Trinajstić information content (AvgIpc) is 2.31. The van der Waals surface area contributed by atoms with E-state index in [9.17, 15) is 0 Å². The van der Waals surface area contributed by atoms with Crippen LogP contribution in [0.3, 0.4) is 0 Å². The van der Waals surface area contributed by atoms with Gasteiger partial charge in [-0.2, -0.15) is 5.10 Å². The molecule has 0 bridgehead atoms. The highest BCUT2D eigenvalue weighted by Gasteiger charge is 2.07. The summed E-state index contributed by atoms with van der Waals surface area (Å²) in [4.78, 5) is 0. The molecule has 0 spiro atoms. The molecule has 0 atom stereocenters. The van der Waals surface area contributed by atoms with Crippen molar-refractivity contribution in [1.82, 2.24) is 9.78 Å². The van der Waals surface area contributed by atoms with Gasteiger partial charge in [-0.05, 0) is 47.2 Å². The third kappa shape index (κ3) is 1.29. The maximum atomic E-state index is 5.82. The fourth-order valence-electron chi connectivity index (χ4n) is 1.38. The maximum Gasteiger partial charge on any atom is 0.131 e. The summed E-state index contributed by atoms with van der Waals surface area (Å²) >= 11 is 2.22. The van der Waals surface area contributed by atoms with Crippen molar-refractivity contribution >= 4 is 39.2 Å². The molecule has 0 fully saturated rings. The number of aromatic nitrogens is 2. The molecule has 0 unspecified atom stereocenters. The number of halogens is 1. The highest BCUT2D eigenvalue weighted by Crippen LogP contribution is 2.24. The molecule has 0 radical (unpaired) electrons. The molecule has 0 saturated carbocycles. The van der Waals surface area contributed by atoms with Crippen LogP contribution in [0.1, 0.15) is 5.56 Å². The zero-order chi connectivity index (χ0) is 9.59. The van der Waals surface area contributed by atoms with Gasteiger partial charge in [0.2, 0.25) is 0 Å². The first-order chi connectivity index (χ1) is 6.09. The molecular formula is C9H10IN3. The first kappa shape index (κ1) is 8.80. The average molecular weight is 287 g/mol. The zero-order valence-electron chi connectivity index (χ0n) is 7.50. The van der Waals surface area contributed by atoms with E-state index in [1.807, 2.05) is 24.7 Å². The summed E-state index contributed by atoms with van der Waals surface area (Å²) in [7, 11) is 1.94. The minimum absolute atomic E-state index is 0.832. The normalized spacial score (nSPS) is 11.0. The molecule has 0 aliphatic rings. The monoisotopic (exact) mass is 287 g/mol. The Hall–Kier alpha value is -0.780. The molecule has 2 rings (SSSR count). The molecule has 1 aromatic heterocycles. The zero-order valence-corrected chi connectivity index (χ0v) is 9.66. The van der Waals surface area contributed by atoms with Crippen LogP contribution in [-0.4, -0.2) is 9.78 Å². The van der Waals surface area contributed by atoms with E-state index in [0.29, 0.717) is 0 Å². The minimum Gasteiger partial charge on any atom is -0.398 e. The maximum absolute atomic E-state index is 5.82. The van der Waals surface area contributed by atoms with Crippen molar-refractivity contribution in [3.05, 3.63) is 21.4 Å². The summed E-state index contributed by atoms with van der Waals surface area (Å²) < 4.78 is 2.88. The van der Waals surface area contributed by atoms with Crippen molar-refractivity contribution in [2.75, 3.05) is 5.73 Å². The first-order valence-electron chi connectivity index (χ1n) is 3.98. The topological polar surface area (TPSA) is 43.8 Å². The molecular weight excluding hydrogens is 277 g/mol. The van der Waals surface area contributed by atoms with E-state index in [1.165, 1.54) is 0 Å². The summed E-state index contributed by atoms with van der Waals surface area (Å²) in [5.41, 5.74) is 8.89. The second kappa shape index (κ2) is 2.87. The van der Waals surface area contributed by atoms with E-state index < -0.39 is 0 Å². The standard InChI is InChI=1S/C9H10IN3/c1-5-3-8-6(4-7(5)11)9(10)12-13(8)2/h3-4H,11H2,1-2H3. The molecule has 13 heavy (non-hydrogen) atoms. The third-order valence-electron chi connectivity index (χ3n) is 2.19. The molecule has 4 heteroatoms. The second-order valence-electron chi connectivity index (χ2n) is 3.14. The highest BCUT2D eigenvalue weighted by molar-refractivity contribution is 14.1. The molecule has 0 aliphatic carbocycles. The van der Waals surface area contributed by atoms with E-state index in [0.717, 1.165) is 25.9 Å². The molecule has 1 aromatic carbocycles. The number of anilines is 1. The fraction of sp³-hybridized carbons (Fsp3) is 0.222. The molecule has 3 nitrogen and oxygen atoms in total. The van der Waals surface area contributed by atoms with Crippen LogP contribution in [0, 0.1) is 10.6 Å². The number of nitrogens with two attached hydrogens (primary N) is 1. The highest BCUT2D eigenvalue weighted by atomic mass is 127. The minimum atomic E-state index is 0.832. The predicted molar refractivity (Wildman–Crippen MR) is 62.6 cm³/mol. The van der Waals surface area contributed by atoms with Gasteiger partial charge in [-0.15, -0.1) is 0 Å². The Bertz CT molecular complexity index is 431. The van der Waals surface area contributed by atoms with Crippen LogP contribution in [0.25, 0.3) is 10.9 Å². The van der Waals surface area contributed by atoms with Gasteiger partial charge in [0, 0.05) is 18.1 Å². The molecule has 2 N–H and O–H groups in total. The lowest BCUT2D eigenvalue weighted by Crippen LogP contribution is -1.92. The Morgan fingerprint density at radius 2 is 2.15 bits per heavy atom. The fourth-order valence-corrected chi connectivity index (χ4v) is 2.14. The molecule has 2 aromatic rings. The lowest BCUT2D eigenvalue weighted by molar-refractivity contribution is 0.787. The van der Waals surface area contributed by atoms with Crippen molar-refractivity contribution in [1.29, 1.82) is 0 Å².